The summed E-state index contributed by atoms with van der Waals surface area (Å²) < 4.78 is 16.8. The van der Waals surface area contributed by atoms with Gasteiger partial charge in [0.1, 0.15) is 13.2 Å². The van der Waals surface area contributed by atoms with Crippen LogP contribution >= 0.6 is 0 Å². The Labute approximate surface area is 361 Å². The van der Waals surface area contributed by atoms with Crippen molar-refractivity contribution in [2.75, 3.05) is 13.2 Å². The Morgan fingerprint density at radius 2 is 0.569 bits per heavy atom. The van der Waals surface area contributed by atoms with Gasteiger partial charge in [0.15, 0.2) is 6.10 Å². The van der Waals surface area contributed by atoms with Crippen LogP contribution in [-0.4, -0.2) is 37.2 Å². The third-order valence-electron chi connectivity index (χ3n) is 11.8. The van der Waals surface area contributed by atoms with Gasteiger partial charge in [0.25, 0.3) is 0 Å². The molecule has 0 heterocycles. The van der Waals surface area contributed by atoms with Crippen molar-refractivity contribution in [3.63, 3.8) is 0 Å². The summed E-state index contributed by atoms with van der Waals surface area (Å²) in [7, 11) is 0. The van der Waals surface area contributed by atoms with Crippen molar-refractivity contribution in [1.82, 2.24) is 0 Å². The largest absolute Gasteiger partial charge is 0.462 e. The maximum Gasteiger partial charge on any atom is 0.306 e. The smallest absolute Gasteiger partial charge is 0.306 e. The highest BCUT2D eigenvalue weighted by Gasteiger charge is 2.19. The van der Waals surface area contributed by atoms with Gasteiger partial charge in [-0.1, -0.05) is 252 Å². The minimum atomic E-state index is -0.760. The van der Waals surface area contributed by atoms with E-state index in [2.05, 4.69) is 27.7 Å². The third kappa shape index (κ3) is 45.5. The second kappa shape index (κ2) is 46.5. The fourth-order valence-corrected chi connectivity index (χ4v) is 7.86. The second-order valence-corrected chi connectivity index (χ2v) is 18.3. The summed E-state index contributed by atoms with van der Waals surface area (Å²) in [5.74, 6) is -0.0513. The Morgan fingerprint density at radius 3 is 0.845 bits per heavy atom. The van der Waals surface area contributed by atoms with Gasteiger partial charge in [-0.25, -0.2) is 0 Å². The average Bonchev–Trinajstić information content (AvgIpc) is 3.21. The van der Waals surface area contributed by atoms with Gasteiger partial charge in [-0.05, 0) is 25.2 Å². The first-order valence-corrected chi connectivity index (χ1v) is 25.9. The first-order chi connectivity index (χ1) is 28.4. The van der Waals surface area contributed by atoms with Gasteiger partial charge in [-0.3, -0.25) is 14.4 Å². The number of carbonyl (C=O) groups is 3. The first kappa shape index (κ1) is 56.4. The number of rotatable bonds is 47. The number of unbranched alkanes of at least 4 members (excludes halogenated alkanes) is 34. The summed E-state index contributed by atoms with van der Waals surface area (Å²) in [6, 6.07) is 0. The van der Waals surface area contributed by atoms with Gasteiger partial charge in [0.2, 0.25) is 0 Å². The van der Waals surface area contributed by atoms with Crippen LogP contribution in [-0.2, 0) is 28.6 Å². The Balaban J connectivity index is 4.24. The molecule has 6 heteroatoms. The highest BCUT2D eigenvalue weighted by Crippen LogP contribution is 2.17. The number of esters is 3. The summed E-state index contributed by atoms with van der Waals surface area (Å²) in [4.78, 5) is 37.9. The fourth-order valence-electron chi connectivity index (χ4n) is 7.86. The van der Waals surface area contributed by atoms with Crippen LogP contribution in [0, 0.1) is 5.92 Å². The molecule has 1 atom stereocenters. The maximum atomic E-state index is 12.7. The van der Waals surface area contributed by atoms with E-state index in [1.54, 1.807) is 0 Å². The molecule has 0 amide bonds. The molecule has 0 N–H and O–H groups in total. The number of hydrogen-bond donors (Lipinski definition) is 0. The van der Waals surface area contributed by atoms with Gasteiger partial charge >= 0.3 is 17.9 Å². The zero-order valence-corrected chi connectivity index (χ0v) is 39.5. The molecular formula is C52H100O6. The molecule has 0 fully saturated rings. The SMILES string of the molecule is CCCCCCCCCCCCCCCCCCCCC(=O)OC[C@H](COC(=O)CCCCCCCCCCC(C)C)OC(=O)CCCCCCCCCCCCC. The number of hydrogen-bond acceptors (Lipinski definition) is 6. The van der Waals surface area contributed by atoms with Gasteiger partial charge in [-0.15, -0.1) is 0 Å². The third-order valence-corrected chi connectivity index (χ3v) is 11.8. The molecule has 0 radical (unpaired) electrons. The quantitative estimate of drug-likeness (QED) is 0.0346. The van der Waals surface area contributed by atoms with Crippen molar-refractivity contribution in [2.45, 2.75) is 297 Å². The Hall–Kier alpha value is -1.59. The van der Waals surface area contributed by atoms with Crippen molar-refractivity contribution < 1.29 is 28.6 Å². The summed E-state index contributed by atoms with van der Waals surface area (Å²) in [5.41, 5.74) is 0. The molecule has 6 nitrogen and oxygen atoms in total. The Bertz CT molecular complexity index is 872. The predicted molar refractivity (Wildman–Crippen MR) is 247 cm³/mol. The lowest BCUT2D eigenvalue weighted by Gasteiger charge is -2.18. The van der Waals surface area contributed by atoms with Crippen LogP contribution in [0.5, 0.6) is 0 Å². The van der Waals surface area contributed by atoms with Crippen molar-refractivity contribution in [3.05, 3.63) is 0 Å². The predicted octanol–water partition coefficient (Wildman–Crippen LogP) is 16.7. The molecule has 0 aromatic rings. The first-order valence-electron chi connectivity index (χ1n) is 25.9. The summed E-state index contributed by atoms with van der Waals surface area (Å²) in [6.45, 7) is 8.99. The molecule has 0 aromatic carbocycles. The molecule has 0 saturated heterocycles. The normalized spacial score (nSPS) is 11.9. The Morgan fingerprint density at radius 1 is 0.328 bits per heavy atom. The zero-order valence-electron chi connectivity index (χ0n) is 39.5. The summed E-state index contributed by atoms with van der Waals surface area (Å²) in [5, 5.41) is 0. The van der Waals surface area contributed by atoms with Crippen LogP contribution in [0.1, 0.15) is 291 Å². The molecular weight excluding hydrogens is 721 g/mol. The molecule has 58 heavy (non-hydrogen) atoms. The molecule has 0 aliphatic heterocycles. The molecule has 0 aromatic heterocycles. The van der Waals surface area contributed by atoms with Gasteiger partial charge in [0, 0.05) is 19.3 Å². The molecule has 0 aliphatic carbocycles. The summed E-state index contributed by atoms with van der Waals surface area (Å²) in [6.07, 6.45) is 48.1. The fraction of sp³-hybridized carbons (Fsp3) is 0.942. The Kier molecular flexibility index (Phi) is 45.2. The van der Waals surface area contributed by atoms with E-state index in [0.29, 0.717) is 19.3 Å². The van der Waals surface area contributed by atoms with Crippen LogP contribution in [0.2, 0.25) is 0 Å². The van der Waals surface area contributed by atoms with E-state index in [1.807, 2.05) is 0 Å². The lowest BCUT2D eigenvalue weighted by molar-refractivity contribution is -0.167. The molecule has 0 bridgehead atoms. The highest BCUT2D eigenvalue weighted by atomic mass is 16.6. The van der Waals surface area contributed by atoms with E-state index in [0.717, 1.165) is 63.7 Å². The molecule has 0 spiro atoms. The topological polar surface area (TPSA) is 78.9 Å². The monoisotopic (exact) mass is 821 g/mol. The minimum Gasteiger partial charge on any atom is -0.462 e. The van der Waals surface area contributed by atoms with Crippen molar-refractivity contribution >= 4 is 17.9 Å². The van der Waals surface area contributed by atoms with Crippen LogP contribution in [0.15, 0.2) is 0 Å². The summed E-state index contributed by atoms with van der Waals surface area (Å²) >= 11 is 0. The standard InChI is InChI=1S/C52H100O6/c1-5-7-9-11-13-15-17-18-19-20-21-22-23-25-26-31-35-39-43-50(53)56-46-49(58-52(55)45-41-37-33-27-24-16-14-12-10-8-6-2)47-57-51(54)44-40-36-32-29-28-30-34-38-42-48(3)4/h48-49H,5-47H2,1-4H3/t49-/m1/s1. The van der Waals surface area contributed by atoms with Crippen molar-refractivity contribution in [1.29, 1.82) is 0 Å². The maximum absolute atomic E-state index is 12.7. The van der Waals surface area contributed by atoms with E-state index in [9.17, 15) is 14.4 Å². The van der Waals surface area contributed by atoms with Crippen LogP contribution < -0.4 is 0 Å². The lowest BCUT2D eigenvalue weighted by Crippen LogP contribution is -2.30. The van der Waals surface area contributed by atoms with Crippen LogP contribution in [0.3, 0.4) is 0 Å². The van der Waals surface area contributed by atoms with E-state index in [-0.39, 0.29) is 31.1 Å². The lowest BCUT2D eigenvalue weighted by atomic mass is 10.0. The van der Waals surface area contributed by atoms with Gasteiger partial charge in [0.05, 0.1) is 0 Å². The van der Waals surface area contributed by atoms with E-state index in [4.69, 9.17) is 14.2 Å². The van der Waals surface area contributed by atoms with Gasteiger partial charge in [-0.2, -0.15) is 0 Å². The number of ether oxygens (including phenoxy) is 3. The van der Waals surface area contributed by atoms with E-state index >= 15 is 0 Å². The molecule has 0 rings (SSSR count). The van der Waals surface area contributed by atoms with Crippen molar-refractivity contribution in [3.8, 4) is 0 Å². The molecule has 0 saturated carbocycles. The number of carbonyl (C=O) groups excluding carboxylic acids is 3. The molecule has 0 aliphatic rings. The molecule has 344 valence electrons. The van der Waals surface area contributed by atoms with E-state index < -0.39 is 6.10 Å². The zero-order chi connectivity index (χ0) is 42.4. The second-order valence-electron chi connectivity index (χ2n) is 18.3. The average molecular weight is 821 g/mol. The highest BCUT2D eigenvalue weighted by molar-refractivity contribution is 5.71. The minimum absolute atomic E-state index is 0.0632. The van der Waals surface area contributed by atoms with E-state index in [1.165, 1.54) is 186 Å². The van der Waals surface area contributed by atoms with Crippen LogP contribution in [0.25, 0.3) is 0 Å². The molecule has 0 unspecified atom stereocenters. The van der Waals surface area contributed by atoms with Gasteiger partial charge < -0.3 is 14.2 Å². The van der Waals surface area contributed by atoms with Crippen LogP contribution in [0.4, 0.5) is 0 Å². The van der Waals surface area contributed by atoms with Crippen molar-refractivity contribution in [2.24, 2.45) is 5.92 Å².